The van der Waals surface area contributed by atoms with Gasteiger partial charge in [0.15, 0.2) is 0 Å². The Kier molecular flexibility index (Phi) is 9.96. The first-order chi connectivity index (χ1) is 17.5. The Hall–Kier alpha value is -3.08. The Bertz CT molecular complexity index is 1210. The van der Waals surface area contributed by atoms with E-state index in [1.807, 2.05) is 16.9 Å². The first-order valence-corrected chi connectivity index (χ1v) is 13.7. The summed E-state index contributed by atoms with van der Waals surface area (Å²) in [5.41, 5.74) is 6.26. The predicted molar refractivity (Wildman–Crippen MR) is 155 cm³/mol. The summed E-state index contributed by atoms with van der Waals surface area (Å²) in [7, 11) is 0. The molecule has 0 atom stereocenters. The second-order valence-corrected chi connectivity index (χ2v) is 11.5. The highest BCUT2D eigenvalue weighted by Gasteiger charge is 2.16. The smallest absolute Gasteiger partial charge is 0.121 e. The number of hydrogen-bond acceptors (Lipinski definition) is 4. The van der Waals surface area contributed by atoms with Crippen molar-refractivity contribution in [2.75, 3.05) is 13.2 Å². The molecule has 0 fully saturated rings. The van der Waals surface area contributed by atoms with Crippen LogP contribution in [0, 0.1) is 23.7 Å². The Balaban J connectivity index is 2.02. The summed E-state index contributed by atoms with van der Waals surface area (Å²) in [5, 5.41) is 9.87. The van der Waals surface area contributed by atoms with Crippen molar-refractivity contribution in [2.45, 2.75) is 68.9 Å². The Morgan fingerprint density at radius 2 is 1.43 bits per heavy atom. The van der Waals surface area contributed by atoms with Crippen LogP contribution in [0.3, 0.4) is 0 Å². The monoisotopic (exact) mass is 503 g/mol. The summed E-state index contributed by atoms with van der Waals surface area (Å²) >= 11 is 0. The first kappa shape index (κ1) is 28.5. The van der Waals surface area contributed by atoms with E-state index in [1.165, 1.54) is 0 Å². The molecule has 0 unspecified atom stereocenters. The molecule has 0 aliphatic rings. The van der Waals surface area contributed by atoms with Crippen LogP contribution in [0.5, 0.6) is 5.75 Å². The maximum Gasteiger partial charge on any atom is 0.121 e. The molecule has 0 spiro atoms. The average molecular weight is 504 g/mol. The minimum atomic E-state index is 0.324. The van der Waals surface area contributed by atoms with Crippen molar-refractivity contribution in [3.05, 3.63) is 59.9 Å². The lowest BCUT2D eigenvalue weighted by Gasteiger charge is -2.15. The molecule has 0 amide bonds. The van der Waals surface area contributed by atoms with Crippen LogP contribution in [0.15, 0.2) is 54.3 Å². The van der Waals surface area contributed by atoms with Crippen molar-refractivity contribution in [1.29, 1.82) is 0 Å². The Morgan fingerprint density at radius 3 is 2.03 bits per heavy atom. The third-order valence-electron chi connectivity index (χ3n) is 5.93. The summed E-state index contributed by atoms with van der Waals surface area (Å²) in [6.45, 7) is 21.7. The van der Waals surface area contributed by atoms with E-state index in [2.05, 4.69) is 98.7 Å². The number of aromatic nitrogens is 3. The Morgan fingerprint density at radius 1 is 0.784 bits per heavy atom. The molecule has 0 N–H and O–H groups in total. The van der Waals surface area contributed by atoms with Crippen LogP contribution in [0.2, 0.25) is 0 Å². The molecule has 1 aromatic heterocycles. The van der Waals surface area contributed by atoms with Gasteiger partial charge in [0, 0.05) is 17.0 Å². The summed E-state index contributed by atoms with van der Waals surface area (Å²) in [6.07, 6.45) is 4.25. The van der Waals surface area contributed by atoms with Crippen molar-refractivity contribution in [1.82, 2.24) is 15.0 Å². The number of allylic oxidation sites excluding steroid dienone is 4. The van der Waals surface area contributed by atoms with Gasteiger partial charge in [-0.05, 0) is 54.0 Å². The summed E-state index contributed by atoms with van der Waals surface area (Å²) in [4.78, 5) is 1.84. The topological polar surface area (TPSA) is 49.2 Å². The number of rotatable bonds is 12. The highest BCUT2D eigenvalue weighted by Crippen LogP contribution is 2.33. The van der Waals surface area contributed by atoms with Gasteiger partial charge >= 0.3 is 0 Å². The summed E-state index contributed by atoms with van der Waals surface area (Å²) in [6, 6.07) is 12.6. The quantitative estimate of drug-likeness (QED) is 0.184. The third kappa shape index (κ3) is 7.95. The Labute approximate surface area is 223 Å². The second-order valence-electron chi connectivity index (χ2n) is 11.5. The zero-order chi connectivity index (χ0) is 27.1. The van der Waals surface area contributed by atoms with Gasteiger partial charge in [0.05, 0.1) is 25.5 Å². The van der Waals surface area contributed by atoms with Crippen LogP contribution in [-0.2, 0) is 11.3 Å². The molecule has 0 bridgehead atoms. The van der Waals surface area contributed by atoms with Gasteiger partial charge < -0.3 is 9.47 Å². The van der Waals surface area contributed by atoms with Gasteiger partial charge in [-0.2, -0.15) is 15.0 Å². The van der Waals surface area contributed by atoms with E-state index in [1.54, 1.807) is 0 Å². The van der Waals surface area contributed by atoms with E-state index in [0.29, 0.717) is 30.3 Å². The fourth-order valence-corrected chi connectivity index (χ4v) is 3.96. The number of benzene rings is 2. The van der Waals surface area contributed by atoms with Crippen molar-refractivity contribution >= 4 is 16.6 Å². The van der Waals surface area contributed by atoms with Crippen molar-refractivity contribution in [2.24, 2.45) is 23.7 Å². The fraction of sp³-hybridized carbons (Fsp3) is 0.500. The largest absolute Gasteiger partial charge is 0.497 e. The minimum absolute atomic E-state index is 0.324. The maximum absolute atomic E-state index is 6.08. The van der Waals surface area contributed by atoms with E-state index in [0.717, 1.165) is 58.0 Å². The molecule has 0 saturated heterocycles. The van der Waals surface area contributed by atoms with Gasteiger partial charge in [0.2, 0.25) is 0 Å². The molecule has 0 aliphatic carbocycles. The third-order valence-corrected chi connectivity index (χ3v) is 5.93. The lowest BCUT2D eigenvalue weighted by atomic mass is 9.98. The van der Waals surface area contributed by atoms with Gasteiger partial charge in [0.25, 0.3) is 0 Å². The maximum atomic E-state index is 6.08. The average Bonchev–Trinajstić information content (AvgIpc) is 3.24. The van der Waals surface area contributed by atoms with E-state index < -0.39 is 0 Å². The molecule has 3 aromatic rings. The standard InChI is InChI=1S/C32H45N3O2/c1-21(2)18-35-33-31-28(25(9)10-17-30(24(7)8)37-20-23(5)6)15-16-29(32(31)34-35)26-11-13-27(14-12-26)36-19-22(3)4/h10-17,21-24H,18-20H2,1-9H3/b25-10+,30-17+. The van der Waals surface area contributed by atoms with Crippen LogP contribution in [0.1, 0.15) is 67.9 Å². The van der Waals surface area contributed by atoms with Gasteiger partial charge in [-0.15, -0.1) is 0 Å². The number of nitrogens with zero attached hydrogens (tertiary/aromatic N) is 3. The number of hydrogen-bond donors (Lipinski definition) is 0. The van der Waals surface area contributed by atoms with Gasteiger partial charge in [0.1, 0.15) is 16.8 Å². The van der Waals surface area contributed by atoms with E-state index >= 15 is 0 Å². The summed E-state index contributed by atoms with van der Waals surface area (Å²) in [5.74, 6) is 3.66. The summed E-state index contributed by atoms with van der Waals surface area (Å²) < 4.78 is 12.0. The molecule has 5 heteroatoms. The highest BCUT2D eigenvalue weighted by atomic mass is 16.5. The molecule has 0 saturated carbocycles. The first-order valence-electron chi connectivity index (χ1n) is 13.7. The molecule has 2 aromatic carbocycles. The van der Waals surface area contributed by atoms with Gasteiger partial charge in [-0.3, -0.25) is 0 Å². The molecule has 3 rings (SSSR count). The molecular weight excluding hydrogens is 458 g/mol. The van der Waals surface area contributed by atoms with Crippen LogP contribution in [-0.4, -0.2) is 28.2 Å². The second kappa shape index (κ2) is 12.9. The highest BCUT2D eigenvalue weighted by molar-refractivity contribution is 5.98. The van der Waals surface area contributed by atoms with Crippen LogP contribution >= 0.6 is 0 Å². The molecule has 37 heavy (non-hydrogen) atoms. The molecule has 200 valence electrons. The number of ether oxygens (including phenoxy) is 2. The minimum Gasteiger partial charge on any atom is -0.497 e. The van der Waals surface area contributed by atoms with Crippen molar-refractivity contribution in [3.63, 3.8) is 0 Å². The predicted octanol–water partition coefficient (Wildman–Crippen LogP) is 8.40. The van der Waals surface area contributed by atoms with Crippen LogP contribution < -0.4 is 4.74 Å². The normalized spacial score (nSPS) is 13.0. The molecule has 0 aliphatic heterocycles. The molecule has 0 radical (unpaired) electrons. The van der Waals surface area contributed by atoms with E-state index in [4.69, 9.17) is 19.7 Å². The van der Waals surface area contributed by atoms with Gasteiger partial charge in [-0.25, -0.2) is 0 Å². The fourth-order valence-electron chi connectivity index (χ4n) is 3.96. The lowest BCUT2D eigenvalue weighted by molar-refractivity contribution is 0.157. The molecule has 1 heterocycles. The van der Waals surface area contributed by atoms with Crippen molar-refractivity contribution in [3.8, 4) is 16.9 Å². The van der Waals surface area contributed by atoms with Crippen LogP contribution in [0.25, 0.3) is 27.7 Å². The van der Waals surface area contributed by atoms with Crippen LogP contribution in [0.4, 0.5) is 0 Å². The SMILES string of the molecule is C/C(=C\C=C(\OCC(C)C)C(C)C)c1ccc(-c2ccc(OCC(C)C)cc2)c2nn(CC(C)C)nc12. The molecule has 5 nitrogen and oxygen atoms in total. The van der Waals surface area contributed by atoms with E-state index in [9.17, 15) is 0 Å². The molecular formula is C32H45N3O2. The zero-order valence-corrected chi connectivity index (χ0v) is 24.2. The number of fused-ring (bicyclic) bond motifs is 1. The van der Waals surface area contributed by atoms with Crippen molar-refractivity contribution < 1.29 is 9.47 Å². The van der Waals surface area contributed by atoms with Gasteiger partial charge in [-0.1, -0.05) is 85.7 Å². The van der Waals surface area contributed by atoms with E-state index in [-0.39, 0.29) is 0 Å². The zero-order valence-electron chi connectivity index (χ0n) is 24.2. The lowest BCUT2D eigenvalue weighted by Crippen LogP contribution is -2.07.